The van der Waals surface area contributed by atoms with E-state index in [9.17, 15) is 10.1 Å². The second-order valence-electron chi connectivity index (χ2n) is 6.30. The standard InChI is InChI=1S/C23H17N3O2S/c1-2-22-26-18-13-16(11-12-19(18)28-22)25-23(27)17-8-4-6-10-21(17)29-20-9-5-3-7-15(20)14-24/h3-13H,2H2,1H3,(H,25,27). The highest BCUT2D eigenvalue weighted by atomic mass is 32.2. The van der Waals surface area contributed by atoms with Crippen LogP contribution >= 0.6 is 11.8 Å². The van der Waals surface area contributed by atoms with E-state index in [2.05, 4.69) is 16.4 Å². The van der Waals surface area contributed by atoms with Crippen LogP contribution in [0, 0.1) is 11.3 Å². The van der Waals surface area contributed by atoms with E-state index in [-0.39, 0.29) is 5.91 Å². The number of hydrogen-bond acceptors (Lipinski definition) is 5. The fourth-order valence-corrected chi connectivity index (χ4v) is 3.94. The first kappa shape index (κ1) is 18.8. The number of nitriles is 1. The largest absolute Gasteiger partial charge is 0.441 e. The van der Waals surface area contributed by atoms with Crippen molar-refractivity contribution >= 4 is 34.5 Å². The van der Waals surface area contributed by atoms with Gasteiger partial charge >= 0.3 is 0 Å². The highest BCUT2D eigenvalue weighted by Crippen LogP contribution is 2.33. The monoisotopic (exact) mass is 399 g/mol. The second kappa shape index (κ2) is 8.21. The molecule has 0 spiro atoms. The zero-order valence-electron chi connectivity index (χ0n) is 15.7. The van der Waals surface area contributed by atoms with E-state index in [0.29, 0.717) is 40.2 Å². The molecule has 0 aliphatic rings. The minimum absolute atomic E-state index is 0.221. The number of oxazole rings is 1. The molecule has 4 aromatic rings. The first-order valence-corrected chi connectivity index (χ1v) is 9.96. The predicted molar refractivity (Wildman–Crippen MR) is 113 cm³/mol. The molecule has 0 aliphatic heterocycles. The van der Waals surface area contributed by atoms with Crippen LogP contribution in [-0.2, 0) is 6.42 Å². The number of amides is 1. The van der Waals surface area contributed by atoms with Gasteiger partial charge in [-0.15, -0.1) is 0 Å². The zero-order chi connectivity index (χ0) is 20.2. The van der Waals surface area contributed by atoms with Crippen LogP contribution in [0.25, 0.3) is 11.1 Å². The molecular weight excluding hydrogens is 382 g/mol. The Kier molecular flexibility index (Phi) is 5.32. The molecule has 1 amide bonds. The molecular formula is C23H17N3O2S. The second-order valence-corrected chi connectivity index (χ2v) is 7.39. The van der Waals surface area contributed by atoms with Crippen molar-refractivity contribution in [3.8, 4) is 6.07 Å². The molecule has 29 heavy (non-hydrogen) atoms. The Morgan fingerprint density at radius 1 is 1.10 bits per heavy atom. The van der Waals surface area contributed by atoms with Crippen LogP contribution in [0.5, 0.6) is 0 Å². The van der Waals surface area contributed by atoms with Crippen LogP contribution in [-0.4, -0.2) is 10.9 Å². The van der Waals surface area contributed by atoms with Crippen molar-refractivity contribution in [3.05, 3.63) is 83.7 Å². The lowest BCUT2D eigenvalue weighted by Crippen LogP contribution is -2.12. The van der Waals surface area contributed by atoms with Crippen LogP contribution in [0.2, 0.25) is 0 Å². The van der Waals surface area contributed by atoms with Gasteiger partial charge in [-0.25, -0.2) is 4.98 Å². The Labute approximate surface area is 172 Å². The average molecular weight is 399 g/mol. The fraction of sp³-hybridized carbons (Fsp3) is 0.0870. The lowest BCUT2D eigenvalue weighted by molar-refractivity contribution is 0.102. The summed E-state index contributed by atoms with van der Waals surface area (Å²) in [5.74, 6) is 0.447. The molecule has 1 aromatic heterocycles. The molecule has 0 bridgehead atoms. The summed E-state index contributed by atoms with van der Waals surface area (Å²) in [6.07, 6.45) is 0.713. The van der Waals surface area contributed by atoms with E-state index >= 15 is 0 Å². The van der Waals surface area contributed by atoms with Crippen molar-refractivity contribution in [1.29, 1.82) is 5.26 Å². The third-order valence-corrected chi connectivity index (χ3v) is 5.50. The maximum absolute atomic E-state index is 12.9. The number of fused-ring (bicyclic) bond motifs is 1. The van der Waals surface area contributed by atoms with E-state index in [1.165, 1.54) is 11.8 Å². The summed E-state index contributed by atoms with van der Waals surface area (Å²) in [6, 6.07) is 22.3. The SMILES string of the molecule is CCc1nc2cc(NC(=O)c3ccccc3Sc3ccccc3C#N)ccc2o1. The first-order valence-electron chi connectivity index (χ1n) is 9.14. The first-order chi connectivity index (χ1) is 14.2. The fourth-order valence-electron chi connectivity index (χ4n) is 2.91. The summed E-state index contributed by atoms with van der Waals surface area (Å²) in [5.41, 5.74) is 3.18. The highest BCUT2D eigenvalue weighted by molar-refractivity contribution is 7.99. The molecule has 0 saturated carbocycles. The molecule has 0 fully saturated rings. The Balaban J connectivity index is 1.60. The summed E-state index contributed by atoms with van der Waals surface area (Å²) in [6.45, 7) is 1.98. The number of rotatable bonds is 5. The lowest BCUT2D eigenvalue weighted by atomic mass is 10.2. The lowest BCUT2D eigenvalue weighted by Gasteiger charge is -2.10. The molecule has 1 N–H and O–H groups in total. The quantitative estimate of drug-likeness (QED) is 0.468. The van der Waals surface area contributed by atoms with Gasteiger partial charge in [-0.05, 0) is 42.5 Å². The number of benzene rings is 3. The van der Waals surface area contributed by atoms with Crippen LogP contribution in [0.3, 0.4) is 0 Å². The van der Waals surface area contributed by atoms with Crippen molar-refractivity contribution in [1.82, 2.24) is 4.98 Å². The summed E-state index contributed by atoms with van der Waals surface area (Å²) in [7, 11) is 0. The average Bonchev–Trinajstić information content (AvgIpc) is 3.17. The molecule has 0 aliphatic carbocycles. The molecule has 0 unspecified atom stereocenters. The van der Waals surface area contributed by atoms with Gasteiger partial charge in [0.1, 0.15) is 11.6 Å². The predicted octanol–water partition coefficient (Wildman–Crippen LogP) is 5.67. The normalized spacial score (nSPS) is 10.6. The topological polar surface area (TPSA) is 78.9 Å². The van der Waals surface area contributed by atoms with Crippen LogP contribution in [0.1, 0.15) is 28.7 Å². The molecule has 0 saturated heterocycles. The number of aromatic nitrogens is 1. The number of hydrogen-bond donors (Lipinski definition) is 1. The maximum atomic E-state index is 12.9. The van der Waals surface area contributed by atoms with Crippen LogP contribution < -0.4 is 5.32 Å². The summed E-state index contributed by atoms with van der Waals surface area (Å²) < 4.78 is 5.62. The van der Waals surface area contributed by atoms with Gasteiger partial charge in [-0.1, -0.05) is 43.0 Å². The van der Waals surface area contributed by atoms with Gasteiger partial charge < -0.3 is 9.73 Å². The van der Waals surface area contributed by atoms with Gasteiger partial charge in [-0.2, -0.15) is 5.26 Å². The van der Waals surface area contributed by atoms with Crippen LogP contribution in [0.4, 0.5) is 5.69 Å². The summed E-state index contributed by atoms with van der Waals surface area (Å²) in [5, 5.41) is 12.3. The molecule has 4 rings (SSSR count). The van der Waals surface area contributed by atoms with E-state index in [4.69, 9.17) is 4.42 Å². The molecule has 1 heterocycles. The molecule has 3 aromatic carbocycles. The third-order valence-electron chi connectivity index (χ3n) is 4.35. The van der Waals surface area contributed by atoms with Crippen molar-refractivity contribution in [2.45, 2.75) is 23.1 Å². The van der Waals surface area contributed by atoms with Crippen molar-refractivity contribution in [2.75, 3.05) is 5.32 Å². The van der Waals surface area contributed by atoms with Crippen molar-refractivity contribution < 1.29 is 9.21 Å². The summed E-state index contributed by atoms with van der Waals surface area (Å²) in [4.78, 5) is 18.9. The number of nitrogens with one attached hydrogen (secondary N) is 1. The zero-order valence-corrected chi connectivity index (χ0v) is 16.5. The van der Waals surface area contributed by atoms with Gasteiger partial charge in [0, 0.05) is 21.9 Å². The number of carbonyl (C=O) groups excluding carboxylic acids is 1. The van der Waals surface area contributed by atoms with Gasteiger partial charge in [0.25, 0.3) is 5.91 Å². The number of aryl methyl sites for hydroxylation is 1. The molecule has 5 nitrogen and oxygen atoms in total. The van der Waals surface area contributed by atoms with Crippen LogP contribution in [0.15, 0.2) is 80.9 Å². The van der Waals surface area contributed by atoms with E-state index in [1.807, 2.05) is 43.3 Å². The van der Waals surface area contributed by atoms with E-state index < -0.39 is 0 Å². The Morgan fingerprint density at radius 2 is 1.86 bits per heavy atom. The minimum Gasteiger partial charge on any atom is -0.441 e. The maximum Gasteiger partial charge on any atom is 0.256 e. The Morgan fingerprint density at radius 3 is 2.66 bits per heavy atom. The van der Waals surface area contributed by atoms with E-state index in [0.717, 1.165) is 9.79 Å². The number of nitrogens with zero attached hydrogens (tertiary/aromatic N) is 2. The van der Waals surface area contributed by atoms with Gasteiger partial charge in [0.2, 0.25) is 0 Å². The third kappa shape index (κ3) is 4.00. The molecule has 0 atom stereocenters. The van der Waals surface area contributed by atoms with Gasteiger partial charge in [0.15, 0.2) is 11.5 Å². The van der Waals surface area contributed by atoms with Gasteiger partial charge in [-0.3, -0.25) is 4.79 Å². The van der Waals surface area contributed by atoms with Gasteiger partial charge in [0.05, 0.1) is 11.1 Å². The minimum atomic E-state index is -0.221. The Bertz CT molecular complexity index is 1240. The molecule has 142 valence electrons. The van der Waals surface area contributed by atoms with Crippen molar-refractivity contribution in [2.24, 2.45) is 0 Å². The van der Waals surface area contributed by atoms with E-state index in [1.54, 1.807) is 30.3 Å². The number of anilines is 1. The summed E-state index contributed by atoms with van der Waals surface area (Å²) >= 11 is 1.40. The smallest absolute Gasteiger partial charge is 0.256 e. The number of carbonyl (C=O) groups is 1. The highest BCUT2D eigenvalue weighted by Gasteiger charge is 2.14. The van der Waals surface area contributed by atoms with Crippen molar-refractivity contribution in [3.63, 3.8) is 0 Å². The molecule has 0 radical (unpaired) electrons. The Hall–Kier alpha value is -3.56. The molecule has 6 heteroatoms.